The standard InChI is InChI=1S/C12H14F4N2O/c13-7-9(8(14)11(16)18-10(7)15)17-5-12(6-19)3-1-2-4-12/h19H,1-6H2,(H,17,18). The lowest BCUT2D eigenvalue weighted by atomic mass is 9.87. The van der Waals surface area contributed by atoms with E-state index in [2.05, 4.69) is 10.3 Å². The van der Waals surface area contributed by atoms with Crippen LogP contribution in [0.5, 0.6) is 0 Å². The molecule has 0 bridgehead atoms. The first kappa shape index (κ1) is 14.0. The fourth-order valence-electron chi connectivity index (χ4n) is 2.43. The van der Waals surface area contributed by atoms with Gasteiger partial charge in [-0.15, -0.1) is 0 Å². The minimum absolute atomic E-state index is 0.0558. The highest BCUT2D eigenvalue weighted by Crippen LogP contribution is 2.38. The molecule has 0 spiro atoms. The quantitative estimate of drug-likeness (QED) is 0.657. The lowest BCUT2D eigenvalue weighted by Crippen LogP contribution is -2.31. The second-order valence-electron chi connectivity index (χ2n) is 4.92. The Bertz CT molecular complexity index is 449. The molecular formula is C12H14F4N2O. The summed E-state index contributed by atoms with van der Waals surface area (Å²) >= 11 is 0. The highest BCUT2D eigenvalue weighted by Gasteiger charge is 2.34. The number of halogens is 4. The number of hydrogen-bond acceptors (Lipinski definition) is 3. The Morgan fingerprint density at radius 2 is 1.58 bits per heavy atom. The first-order chi connectivity index (χ1) is 8.99. The van der Waals surface area contributed by atoms with Crippen LogP contribution in [-0.4, -0.2) is 23.2 Å². The SMILES string of the molecule is OCC1(CNc2c(F)c(F)nc(F)c2F)CCCC1. The summed E-state index contributed by atoms with van der Waals surface area (Å²) in [6.07, 6.45) is 3.23. The van der Waals surface area contributed by atoms with Gasteiger partial charge in [-0.1, -0.05) is 12.8 Å². The molecule has 2 N–H and O–H groups in total. The maximum absolute atomic E-state index is 13.4. The van der Waals surface area contributed by atoms with E-state index in [1.807, 2.05) is 0 Å². The molecular weight excluding hydrogens is 264 g/mol. The van der Waals surface area contributed by atoms with Gasteiger partial charge >= 0.3 is 0 Å². The maximum Gasteiger partial charge on any atom is 0.253 e. The minimum Gasteiger partial charge on any atom is -0.396 e. The van der Waals surface area contributed by atoms with E-state index in [9.17, 15) is 22.7 Å². The van der Waals surface area contributed by atoms with Crippen LogP contribution in [0.4, 0.5) is 23.2 Å². The molecule has 0 radical (unpaired) electrons. The van der Waals surface area contributed by atoms with Gasteiger partial charge in [0.05, 0.1) is 6.61 Å². The molecule has 1 aromatic heterocycles. The number of hydrogen-bond donors (Lipinski definition) is 2. The van der Waals surface area contributed by atoms with E-state index in [0.29, 0.717) is 12.8 Å². The molecule has 2 rings (SSSR count). The normalized spacial score (nSPS) is 17.7. The van der Waals surface area contributed by atoms with Gasteiger partial charge in [-0.3, -0.25) is 0 Å². The highest BCUT2D eigenvalue weighted by atomic mass is 19.2. The van der Waals surface area contributed by atoms with Crippen molar-refractivity contribution in [1.82, 2.24) is 4.98 Å². The van der Waals surface area contributed by atoms with Crippen LogP contribution >= 0.6 is 0 Å². The number of nitrogens with one attached hydrogen (secondary N) is 1. The number of aromatic nitrogens is 1. The lowest BCUT2D eigenvalue weighted by molar-refractivity contribution is 0.142. The van der Waals surface area contributed by atoms with Gasteiger partial charge in [-0.05, 0) is 12.8 Å². The van der Waals surface area contributed by atoms with Crippen LogP contribution in [-0.2, 0) is 0 Å². The summed E-state index contributed by atoms with van der Waals surface area (Å²) in [6, 6.07) is 0. The molecule has 1 heterocycles. The Kier molecular flexibility index (Phi) is 3.93. The van der Waals surface area contributed by atoms with Crippen LogP contribution in [0.1, 0.15) is 25.7 Å². The molecule has 1 aliphatic rings. The van der Waals surface area contributed by atoms with Gasteiger partial charge in [0.15, 0.2) is 0 Å². The van der Waals surface area contributed by atoms with E-state index in [1.165, 1.54) is 0 Å². The van der Waals surface area contributed by atoms with Crippen molar-refractivity contribution in [3.63, 3.8) is 0 Å². The Hall–Kier alpha value is -1.37. The summed E-state index contributed by atoms with van der Waals surface area (Å²) in [5.41, 5.74) is -1.36. The summed E-state index contributed by atoms with van der Waals surface area (Å²) < 4.78 is 52.6. The average Bonchev–Trinajstić information content (AvgIpc) is 2.86. The van der Waals surface area contributed by atoms with Gasteiger partial charge < -0.3 is 10.4 Å². The van der Waals surface area contributed by atoms with Crippen molar-refractivity contribution in [2.45, 2.75) is 25.7 Å². The zero-order valence-corrected chi connectivity index (χ0v) is 10.1. The molecule has 0 atom stereocenters. The maximum atomic E-state index is 13.4. The largest absolute Gasteiger partial charge is 0.396 e. The van der Waals surface area contributed by atoms with Gasteiger partial charge in [-0.25, -0.2) is 0 Å². The van der Waals surface area contributed by atoms with Crippen LogP contribution < -0.4 is 5.32 Å². The van der Waals surface area contributed by atoms with Gasteiger partial charge in [0.25, 0.3) is 11.9 Å². The van der Waals surface area contributed by atoms with Crippen molar-refractivity contribution < 1.29 is 22.7 Å². The molecule has 19 heavy (non-hydrogen) atoms. The number of rotatable bonds is 4. The Morgan fingerprint density at radius 1 is 1.05 bits per heavy atom. The van der Waals surface area contributed by atoms with Gasteiger partial charge in [0.2, 0.25) is 11.6 Å². The predicted molar refractivity (Wildman–Crippen MR) is 60.5 cm³/mol. The molecule has 0 amide bonds. The molecule has 1 aliphatic carbocycles. The van der Waals surface area contributed by atoms with E-state index in [-0.39, 0.29) is 13.2 Å². The monoisotopic (exact) mass is 278 g/mol. The summed E-state index contributed by atoms with van der Waals surface area (Å²) in [6.45, 7) is -0.0838. The molecule has 0 saturated heterocycles. The van der Waals surface area contributed by atoms with Crippen molar-refractivity contribution in [2.75, 3.05) is 18.5 Å². The Morgan fingerprint density at radius 3 is 2.05 bits per heavy atom. The zero-order chi connectivity index (χ0) is 14.0. The van der Waals surface area contributed by atoms with Crippen molar-refractivity contribution >= 4 is 5.69 Å². The van der Waals surface area contributed by atoms with Gasteiger partial charge in [-0.2, -0.15) is 22.5 Å². The minimum atomic E-state index is -1.69. The molecule has 1 saturated carbocycles. The van der Waals surface area contributed by atoms with Crippen molar-refractivity contribution in [3.8, 4) is 0 Å². The van der Waals surface area contributed by atoms with E-state index in [4.69, 9.17) is 0 Å². The third-order valence-corrected chi connectivity index (χ3v) is 3.64. The second-order valence-corrected chi connectivity index (χ2v) is 4.92. The first-order valence-corrected chi connectivity index (χ1v) is 6.04. The van der Waals surface area contributed by atoms with Crippen LogP contribution in [0.3, 0.4) is 0 Å². The van der Waals surface area contributed by atoms with E-state index < -0.39 is 34.6 Å². The lowest BCUT2D eigenvalue weighted by Gasteiger charge is -2.27. The van der Waals surface area contributed by atoms with Crippen molar-refractivity contribution in [1.29, 1.82) is 0 Å². The average molecular weight is 278 g/mol. The molecule has 106 valence electrons. The van der Waals surface area contributed by atoms with Crippen LogP contribution in [0.25, 0.3) is 0 Å². The van der Waals surface area contributed by atoms with Crippen molar-refractivity contribution in [2.24, 2.45) is 5.41 Å². The predicted octanol–water partition coefficient (Wildman–Crippen LogP) is 2.60. The number of aliphatic hydroxyl groups is 1. The Balaban J connectivity index is 2.20. The fraction of sp³-hybridized carbons (Fsp3) is 0.583. The number of aliphatic hydroxyl groups excluding tert-OH is 1. The smallest absolute Gasteiger partial charge is 0.253 e. The van der Waals surface area contributed by atoms with Gasteiger partial charge in [0, 0.05) is 12.0 Å². The van der Waals surface area contributed by atoms with Crippen LogP contribution in [0.15, 0.2) is 0 Å². The van der Waals surface area contributed by atoms with Crippen molar-refractivity contribution in [3.05, 3.63) is 23.5 Å². The second kappa shape index (κ2) is 5.32. The topological polar surface area (TPSA) is 45.1 Å². The van der Waals surface area contributed by atoms with Crippen LogP contribution in [0.2, 0.25) is 0 Å². The molecule has 0 unspecified atom stereocenters. The summed E-state index contributed by atoms with van der Waals surface area (Å²) in [7, 11) is 0. The molecule has 1 fully saturated rings. The summed E-state index contributed by atoms with van der Waals surface area (Å²) in [5, 5.41) is 11.7. The Labute approximate surface area is 107 Å². The fourth-order valence-corrected chi connectivity index (χ4v) is 2.43. The molecule has 3 nitrogen and oxygen atoms in total. The molecule has 7 heteroatoms. The number of anilines is 1. The van der Waals surface area contributed by atoms with Gasteiger partial charge in [0.1, 0.15) is 5.69 Å². The van der Waals surface area contributed by atoms with E-state index in [1.54, 1.807) is 0 Å². The summed E-state index contributed by atoms with van der Waals surface area (Å²) in [5.74, 6) is -6.48. The van der Waals surface area contributed by atoms with E-state index >= 15 is 0 Å². The molecule has 1 aromatic rings. The number of pyridine rings is 1. The summed E-state index contributed by atoms with van der Waals surface area (Å²) in [4.78, 5) is 2.48. The highest BCUT2D eigenvalue weighted by molar-refractivity contribution is 5.45. The zero-order valence-electron chi connectivity index (χ0n) is 10.1. The first-order valence-electron chi connectivity index (χ1n) is 6.04. The third-order valence-electron chi connectivity index (χ3n) is 3.64. The molecule has 0 aliphatic heterocycles. The van der Waals surface area contributed by atoms with E-state index in [0.717, 1.165) is 12.8 Å². The molecule has 0 aromatic carbocycles. The third kappa shape index (κ3) is 2.65. The number of nitrogens with zero attached hydrogens (tertiary/aromatic N) is 1. The van der Waals surface area contributed by atoms with Crippen LogP contribution in [0, 0.1) is 28.9 Å².